The number of rotatable bonds is 5. The molecule has 0 aliphatic carbocycles. The van der Waals surface area contributed by atoms with E-state index in [1.54, 1.807) is 0 Å². The van der Waals surface area contributed by atoms with E-state index in [4.69, 9.17) is 0 Å². The van der Waals surface area contributed by atoms with Crippen LogP contribution in [0.3, 0.4) is 0 Å². The minimum Gasteiger partial charge on any atom is -0.465 e. The SMILES string of the molecule is COC(=O)c1cccc([N+](=O)[O-])c1CS(=O)(=O)N=C=O. The summed E-state index contributed by atoms with van der Waals surface area (Å²) in [6, 6.07) is 3.42. The van der Waals surface area contributed by atoms with Gasteiger partial charge in [0.2, 0.25) is 0 Å². The van der Waals surface area contributed by atoms with Crippen LogP contribution in [0.4, 0.5) is 5.69 Å². The molecule has 1 rings (SSSR count). The Labute approximate surface area is 113 Å². The smallest absolute Gasteiger partial charge is 0.338 e. The van der Waals surface area contributed by atoms with E-state index in [2.05, 4.69) is 9.13 Å². The highest BCUT2D eigenvalue weighted by molar-refractivity contribution is 7.89. The number of nitro benzene ring substituents is 1. The van der Waals surface area contributed by atoms with Gasteiger partial charge in [-0.25, -0.2) is 18.0 Å². The number of hydrogen-bond donors (Lipinski definition) is 0. The Morgan fingerprint density at radius 2 is 2.15 bits per heavy atom. The molecule has 0 atom stereocenters. The first-order chi connectivity index (χ1) is 9.32. The topological polar surface area (TPSA) is 133 Å². The van der Waals surface area contributed by atoms with E-state index in [9.17, 15) is 28.1 Å². The molecule has 0 radical (unpaired) electrons. The second-order valence-corrected chi connectivity index (χ2v) is 5.10. The first-order valence-electron chi connectivity index (χ1n) is 4.99. The van der Waals surface area contributed by atoms with Gasteiger partial charge < -0.3 is 4.74 Å². The normalized spacial score (nSPS) is 10.4. The monoisotopic (exact) mass is 300 g/mol. The van der Waals surface area contributed by atoms with Crippen LogP contribution in [-0.2, 0) is 25.3 Å². The molecule has 0 fully saturated rings. The van der Waals surface area contributed by atoms with Gasteiger partial charge >= 0.3 is 5.97 Å². The van der Waals surface area contributed by atoms with Crippen molar-refractivity contribution in [1.29, 1.82) is 0 Å². The molecule has 20 heavy (non-hydrogen) atoms. The molecule has 0 heterocycles. The zero-order valence-electron chi connectivity index (χ0n) is 10.1. The van der Waals surface area contributed by atoms with E-state index >= 15 is 0 Å². The van der Waals surface area contributed by atoms with Gasteiger partial charge in [0, 0.05) is 6.07 Å². The fourth-order valence-corrected chi connectivity index (χ4v) is 2.32. The highest BCUT2D eigenvalue weighted by Crippen LogP contribution is 2.25. The number of esters is 1. The molecule has 0 aliphatic heterocycles. The Bertz CT molecular complexity index is 704. The maximum Gasteiger partial charge on any atom is 0.338 e. The van der Waals surface area contributed by atoms with Gasteiger partial charge in [-0.05, 0) is 6.07 Å². The Kier molecular flexibility index (Phi) is 4.68. The lowest BCUT2D eigenvalue weighted by Crippen LogP contribution is -2.11. The standard InChI is InChI=1S/C10H8N2O7S/c1-19-10(14)7-3-2-4-9(12(15)16)8(7)5-20(17,18)11-6-13/h2-4H,5H2,1H3. The van der Waals surface area contributed by atoms with Crippen LogP contribution in [0.15, 0.2) is 22.6 Å². The molecule has 0 saturated heterocycles. The van der Waals surface area contributed by atoms with E-state index in [1.165, 1.54) is 12.1 Å². The maximum absolute atomic E-state index is 11.5. The minimum absolute atomic E-state index is 0.286. The molecular formula is C10H8N2O7S. The van der Waals surface area contributed by atoms with Gasteiger partial charge in [-0.1, -0.05) is 10.5 Å². The molecule has 0 aliphatic rings. The minimum atomic E-state index is -4.32. The second-order valence-electron chi connectivity index (χ2n) is 3.46. The van der Waals surface area contributed by atoms with Gasteiger partial charge in [-0.2, -0.15) is 0 Å². The number of ether oxygens (including phenoxy) is 1. The average Bonchev–Trinajstić information content (AvgIpc) is 2.37. The van der Waals surface area contributed by atoms with Crippen LogP contribution in [0.5, 0.6) is 0 Å². The van der Waals surface area contributed by atoms with Crippen molar-refractivity contribution >= 4 is 27.8 Å². The molecule has 0 N–H and O–H groups in total. The Morgan fingerprint density at radius 3 is 2.65 bits per heavy atom. The molecule has 0 spiro atoms. The molecule has 0 amide bonds. The molecule has 9 nitrogen and oxygen atoms in total. The van der Waals surface area contributed by atoms with Crippen LogP contribution in [0.1, 0.15) is 15.9 Å². The number of isocyanates is 1. The van der Waals surface area contributed by atoms with Gasteiger partial charge in [0.05, 0.1) is 23.2 Å². The molecule has 106 valence electrons. The third-order valence-corrected chi connectivity index (χ3v) is 3.26. The summed E-state index contributed by atoms with van der Waals surface area (Å²) in [4.78, 5) is 31.5. The fourth-order valence-electron chi connectivity index (χ4n) is 1.47. The number of carbonyl (C=O) groups is 1. The summed E-state index contributed by atoms with van der Waals surface area (Å²) in [6.45, 7) is 0. The number of hydrogen-bond acceptors (Lipinski definition) is 7. The summed E-state index contributed by atoms with van der Waals surface area (Å²) in [5.74, 6) is -1.92. The van der Waals surface area contributed by atoms with E-state index < -0.39 is 37.9 Å². The van der Waals surface area contributed by atoms with Crippen LogP contribution >= 0.6 is 0 Å². The van der Waals surface area contributed by atoms with Crippen molar-refractivity contribution in [2.45, 2.75) is 5.75 Å². The highest BCUT2D eigenvalue weighted by atomic mass is 32.2. The van der Waals surface area contributed by atoms with Gasteiger partial charge in [0.25, 0.3) is 21.8 Å². The van der Waals surface area contributed by atoms with Crippen molar-refractivity contribution in [3.8, 4) is 0 Å². The molecule has 0 bridgehead atoms. The Morgan fingerprint density at radius 1 is 1.50 bits per heavy atom. The highest BCUT2D eigenvalue weighted by Gasteiger charge is 2.26. The number of sulfonamides is 1. The van der Waals surface area contributed by atoms with Crippen molar-refractivity contribution in [3.05, 3.63) is 39.4 Å². The zero-order valence-corrected chi connectivity index (χ0v) is 10.9. The van der Waals surface area contributed by atoms with Gasteiger partial charge in [-0.3, -0.25) is 10.1 Å². The van der Waals surface area contributed by atoms with Crippen LogP contribution in [-0.4, -0.2) is 32.5 Å². The second kappa shape index (κ2) is 6.04. The summed E-state index contributed by atoms with van der Waals surface area (Å²) in [6.07, 6.45) is 0.841. The lowest BCUT2D eigenvalue weighted by molar-refractivity contribution is -0.385. The first kappa shape index (κ1) is 15.5. The van der Waals surface area contributed by atoms with Crippen molar-refractivity contribution in [2.75, 3.05) is 7.11 Å². The lowest BCUT2D eigenvalue weighted by atomic mass is 10.1. The Hall–Kier alpha value is -2.58. The van der Waals surface area contributed by atoms with Gasteiger partial charge in [-0.15, -0.1) is 0 Å². The third kappa shape index (κ3) is 3.46. The molecule has 0 saturated carbocycles. The maximum atomic E-state index is 11.5. The van der Waals surface area contributed by atoms with Crippen LogP contribution in [0, 0.1) is 10.1 Å². The largest absolute Gasteiger partial charge is 0.465 e. The van der Waals surface area contributed by atoms with Crippen molar-refractivity contribution in [1.82, 2.24) is 0 Å². The van der Waals surface area contributed by atoms with Crippen LogP contribution in [0.2, 0.25) is 0 Å². The fraction of sp³-hybridized carbons (Fsp3) is 0.200. The van der Waals surface area contributed by atoms with Crippen molar-refractivity contribution < 1.29 is 27.7 Å². The first-order valence-corrected chi connectivity index (χ1v) is 6.59. The van der Waals surface area contributed by atoms with E-state index in [0.29, 0.717) is 0 Å². The molecule has 1 aromatic rings. The van der Waals surface area contributed by atoms with Crippen molar-refractivity contribution in [3.63, 3.8) is 0 Å². The van der Waals surface area contributed by atoms with Crippen LogP contribution < -0.4 is 0 Å². The summed E-state index contributed by atoms with van der Waals surface area (Å²) in [5.41, 5.74) is -1.27. The number of nitro groups is 1. The van der Waals surface area contributed by atoms with E-state index in [1.807, 2.05) is 0 Å². The predicted octanol–water partition coefficient (Wildman–Crippen LogP) is 0.547. The molecular weight excluding hydrogens is 292 g/mol. The van der Waals surface area contributed by atoms with E-state index in [0.717, 1.165) is 19.3 Å². The molecule has 0 unspecified atom stereocenters. The summed E-state index contributed by atoms with van der Waals surface area (Å²) in [5, 5.41) is 10.9. The zero-order chi connectivity index (χ0) is 15.3. The summed E-state index contributed by atoms with van der Waals surface area (Å²) >= 11 is 0. The van der Waals surface area contributed by atoms with Gasteiger partial charge in [0.15, 0.2) is 0 Å². The van der Waals surface area contributed by atoms with Crippen LogP contribution in [0.25, 0.3) is 0 Å². The van der Waals surface area contributed by atoms with E-state index in [-0.39, 0.29) is 5.56 Å². The summed E-state index contributed by atoms with van der Waals surface area (Å²) in [7, 11) is -3.27. The van der Waals surface area contributed by atoms with Crippen molar-refractivity contribution in [2.24, 2.45) is 4.40 Å². The Balaban J connectivity index is 3.51. The lowest BCUT2D eigenvalue weighted by Gasteiger charge is -2.07. The average molecular weight is 300 g/mol. The molecule has 10 heteroatoms. The molecule has 1 aromatic carbocycles. The quantitative estimate of drug-likeness (QED) is 0.255. The van der Waals surface area contributed by atoms with Gasteiger partial charge in [0.1, 0.15) is 5.75 Å². The number of carbonyl (C=O) groups excluding carboxylic acids is 2. The third-order valence-electron chi connectivity index (χ3n) is 2.26. The summed E-state index contributed by atoms with van der Waals surface area (Å²) < 4.78 is 29.9. The molecule has 0 aromatic heterocycles. The number of benzene rings is 1. The number of nitrogens with zero attached hydrogens (tertiary/aromatic N) is 2. The predicted molar refractivity (Wildman–Crippen MR) is 65.2 cm³/mol. The number of methoxy groups -OCH3 is 1.